The van der Waals surface area contributed by atoms with Crippen molar-refractivity contribution in [2.24, 2.45) is 17.3 Å². The molecule has 3 heterocycles. The van der Waals surface area contributed by atoms with Crippen molar-refractivity contribution < 1.29 is 26.9 Å². The summed E-state index contributed by atoms with van der Waals surface area (Å²) in [7, 11) is -4.40. The lowest BCUT2D eigenvalue weighted by atomic mass is 9.43. The lowest BCUT2D eigenvalue weighted by Gasteiger charge is -2.64. The second kappa shape index (κ2) is 9.70. The molecular formula is C31H38BNO6S. The van der Waals surface area contributed by atoms with Gasteiger partial charge in [0.05, 0.1) is 36.3 Å². The van der Waals surface area contributed by atoms with Gasteiger partial charge in [-0.25, -0.2) is 13.1 Å². The minimum absolute atomic E-state index is 0.0346. The first-order valence-electron chi connectivity index (χ1n) is 14.6. The molecule has 7 nitrogen and oxygen atoms in total. The third-order valence-electron chi connectivity index (χ3n) is 10.3. The van der Waals surface area contributed by atoms with Crippen molar-refractivity contribution in [2.45, 2.75) is 75.8 Å². The van der Waals surface area contributed by atoms with Crippen molar-refractivity contribution in [2.75, 3.05) is 13.2 Å². The van der Waals surface area contributed by atoms with Crippen molar-refractivity contribution >= 4 is 28.1 Å². The Bertz CT molecular complexity index is 1510. The Morgan fingerprint density at radius 3 is 2.75 bits per heavy atom. The highest BCUT2D eigenvalue weighted by atomic mass is 32.2. The number of benzene rings is 2. The van der Waals surface area contributed by atoms with Crippen LogP contribution in [0.5, 0.6) is 0 Å². The third-order valence-corrected chi connectivity index (χ3v) is 11.7. The average Bonchev–Trinajstić information content (AvgIpc) is 3.66. The van der Waals surface area contributed by atoms with Crippen LogP contribution in [0.25, 0.3) is 11.0 Å². The maximum absolute atomic E-state index is 13.7. The molecule has 40 heavy (non-hydrogen) atoms. The smallest absolute Gasteiger partial charge is 0.464 e. The lowest BCUT2D eigenvalue weighted by molar-refractivity contribution is -0.199. The fraction of sp³-hybridized carbons (Fsp3) is 0.548. The highest BCUT2D eigenvalue weighted by Crippen LogP contribution is 2.65. The van der Waals surface area contributed by atoms with Crippen LogP contribution in [-0.2, 0) is 36.2 Å². The van der Waals surface area contributed by atoms with Crippen LogP contribution < -0.4 is 4.72 Å². The summed E-state index contributed by atoms with van der Waals surface area (Å²) in [5.74, 6) is 0.617. The van der Waals surface area contributed by atoms with Gasteiger partial charge < -0.3 is 18.5 Å². The molecule has 1 unspecified atom stereocenters. The minimum Gasteiger partial charge on any atom is -0.464 e. The Hall–Kier alpha value is -2.17. The molecule has 1 aromatic heterocycles. The van der Waals surface area contributed by atoms with Gasteiger partial charge in [0.2, 0.25) is 10.0 Å². The van der Waals surface area contributed by atoms with Crippen molar-refractivity contribution in [3.8, 4) is 0 Å². The summed E-state index contributed by atoms with van der Waals surface area (Å²) < 4.78 is 55.1. The summed E-state index contributed by atoms with van der Waals surface area (Å²) in [4.78, 5) is 0. The van der Waals surface area contributed by atoms with Crippen LogP contribution in [0.2, 0.25) is 0 Å². The molecule has 5 fully saturated rings. The molecule has 0 radical (unpaired) electrons. The molecule has 1 N–H and O–H groups in total. The summed E-state index contributed by atoms with van der Waals surface area (Å²) >= 11 is 0. The second-order valence-electron chi connectivity index (χ2n) is 13.1. The van der Waals surface area contributed by atoms with Crippen LogP contribution in [0.3, 0.4) is 0 Å². The van der Waals surface area contributed by atoms with E-state index in [1.54, 1.807) is 6.26 Å². The van der Waals surface area contributed by atoms with Crippen molar-refractivity contribution in [1.29, 1.82) is 0 Å². The van der Waals surface area contributed by atoms with Gasteiger partial charge in [-0.3, -0.25) is 0 Å². The van der Waals surface area contributed by atoms with Crippen molar-refractivity contribution in [3.63, 3.8) is 0 Å². The fourth-order valence-corrected chi connectivity index (χ4v) is 9.28. The summed E-state index contributed by atoms with van der Waals surface area (Å²) in [6, 6.07) is 15.7. The molecule has 212 valence electrons. The quantitative estimate of drug-likeness (QED) is 0.378. The van der Waals surface area contributed by atoms with Crippen molar-refractivity contribution in [1.82, 2.24) is 4.72 Å². The number of rotatable bonds is 8. The molecule has 8 rings (SSSR count). The number of ether oxygens (including phenoxy) is 1. The molecule has 6 atom stereocenters. The van der Waals surface area contributed by atoms with Crippen LogP contribution in [0.15, 0.2) is 59.2 Å². The molecule has 5 aliphatic rings. The number of hydrogen-bond donors (Lipinski definition) is 1. The molecule has 2 bridgehead atoms. The second-order valence-corrected chi connectivity index (χ2v) is 14.8. The molecule has 0 amide bonds. The van der Waals surface area contributed by atoms with Gasteiger partial charge in [-0.15, -0.1) is 0 Å². The van der Waals surface area contributed by atoms with E-state index < -0.39 is 28.7 Å². The van der Waals surface area contributed by atoms with Gasteiger partial charge >= 0.3 is 7.12 Å². The van der Waals surface area contributed by atoms with E-state index in [0.29, 0.717) is 30.8 Å². The lowest BCUT2D eigenvalue weighted by Crippen LogP contribution is -2.65. The summed E-state index contributed by atoms with van der Waals surface area (Å²) in [6.45, 7) is 8.25. The summed E-state index contributed by atoms with van der Waals surface area (Å²) in [6.07, 6.45) is 5.14. The molecule has 2 aliphatic heterocycles. The minimum atomic E-state index is -3.72. The van der Waals surface area contributed by atoms with Gasteiger partial charge in [0.15, 0.2) is 0 Å². The summed E-state index contributed by atoms with van der Waals surface area (Å²) in [5.41, 5.74) is 3.39. The van der Waals surface area contributed by atoms with Crippen LogP contribution in [-0.4, -0.2) is 46.4 Å². The maximum Gasteiger partial charge on any atom is 0.477 e. The molecular weight excluding hydrogens is 525 g/mol. The molecule has 3 aromatic rings. The number of fused-ring (bicyclic) bond motifs is 1. The standard InChI is InChI=1S/C31H38BNO6S/c1-30(2)24-15-27(30)31(3)28(16-24)38-32(39-31)29(14-23-18-37-26-10-5-4-9-25(23)26)33-40(34,35)19-20-7-6-8-21(13-20)22-11-12-36-17-22/h4-10,13,18,22,24,27-29,33H,11-12,14-17,19H2,1-3H3/t22?,24-,27-,28+,29-,31-/m0/s1. The van der Waals surface area contributed by atoms with E-state index in [1.807, 2.05) is 42.5 Å². The van der Waals surface area contributed by atoms with Gasteiger partial charge in [-0.05, 0) is 72.6 Å². The van der Waals surface area contributed by atoms with E-state index in [4.69, 9.17) is 18.5 Å². The van der Waals surface area contributed by atoms with Crippen LogP contribution in [0, 0.1) is 17.3 Å². The molecule has 2 aromatic carbocycles. The number of sulfonamides is 1. The van der Waals surface area contributed by atoms with Crippen LogP contribution in [0.1, 0.15) is 62.6 Å². The normalized spacial score (nSPS) is 31.7. The molecule has 9 heteroatoms. The number of para-hydroxylation sites is 1. The highest BCUT2D eigenvalue weighted by molar-refractivity contribution is 7.88. The topological polar surface area (TPSA) is 87.0 Å². The van der Waals surface area contributed by atoms with E-state index in [9.17, 15) is 8.42 Å². The van der Waals surface area contributed by atoms with Gasteiger partial charge in [-0.1, -0.05) is 56.3 Å². The summed E-state index contributed by atoms with van der Waals surface area (Å²) in [5, 5.41) is 0.975. The Kier molecular flexibility index (Phi) is 6.48. The van der Waals surface area contributed by atoms with Crippen molar-refractivity contribution in [3.05, 3.63) is 71.5 Å². The first kappa shape index (κ1) is 26.7. The zero-order valence-electron chi connectivity index (χ0n) is 23.5. The predicted molar refractivity (Wildman–Crippen MR) is 154 cm³/mol. The Morgan fingerprint density at radius 1 is 1.10 bits per heavy atom. The largest absolute Gasteiger partial charge is 0.477 e. The van der Waals surface area contributed by atoms with E-state index in [2.05, 4.69) is 31.6 Å². The number of hydrogen-bond acceptors (Lipinski definition) is 6. The first-order valence-corrected chi connectivity index (χ1v) is 16.2. The van der Waals surface area contributed by atoms with E-state index in [1.165, 1.54) is 0 Å². The molecule has 2 saturated heterocycles. The third kappa shape index (κ3) is 4.54. The van der Waals surface area contributed by atoms with Gasteiger partial charge in [-0.2, -0.15) is 0 Å². The zero-order valence-corrected chi connectivity index (χ0v) is 24.3. The van der Waals surface area contributed by atoms with Crippen LogP contribution >= 0.6 is 0 Å². The van der Waals surface area contributed by atoms with E-state index in [-0.39, 0.29) is 17.3 Å². The van der Waals surface area contributed by atoms with Gasteiger partial charge in [0.1, 0.15) is 5.58 Å². The first-order chi connectivity index (χ1) is 19.1. The molecule has 3 aliphatic carbocycles. The van der Waals surface area contributed by atoms with E-state index in [0.717, 1.165) is 53.5 Å². The SMILES string of the molecule is CC1(C)[C@@H]2C[C@H]3OB([C@H](Cc4coc5ccccc45)NS(=O)(=O)Cc4cccc(C5CCOC5)c4)O[C@@]3(C)[C@H]1C2. The van der Waals surface area contributed by atoms with Gasteiger partial charge in [0.25, 0.3) is 0 Å². The van der Waals surface area contributed by atoms with Gasteiger partial charge in [0, 0.05) is 17.9 Å². The number of furan rings is 1. The average molecular weight is 564 g/mol. The van der Waals surface area contributed by atoms with E-state index >= 15 is 0 Å². The molecule has 0 spiro atoms. The monoisotopic (exact) mass is 563 g/mol. The van der Waals surface area contributed by atoms with Crippen LogP contribution in [0.4, 0.5) is 0 Å². The predicted octanol–water partition coefficient (Wildman–Crippen LogP) is 5.23. The maximum atomic E-state index is 13.7. The Balaban J connectivity index is 1.16. The molecule has 3 saturated carbocycles. The highest BCUT2D eigenvalue weighted by Gasteiger charge is 2.68. The Morgan fingerprint density at radius 2 is 1.95 bits per heavy atom. The Labute approximate surface area is 237 Å². The fourth-order valence-electron chi connectivity index (χ4n) is 7.92. The number of nitrogens with one attached hydrogen (secondary N) is 1. The zero-order chi connectivity index (χ0) is 27.7.